The number of nitrogens with zero attached hydrogens (tertiary/aromatic N) is 1. The van der Waals surface area contributed by atoms with Crippen molar-refractivity contribution < 1.29 is 14.7 Å². The number of nitrogens with one attached hydrogen (secondary N) is 1. The zero-order chi connectivity index (χ0) is 20.4. The van der Waals surface area contributed by atoms with Crippen molar-refractivity contribution in [3.8, 4) is 0 Å². The van der Waals surface area contributed by atoms with E-state index in [1.54, 1.807) is 55.5 Å². The molecular formula is C21H19ClN2O4. The van der Waals surface area contributed by atoms with Crippen molar-refractivity contribution in [2.24, 2.45) is 0 Å². The second-order valence-electron chi connectivity index (χ2n) is 6.57. The van der Waals surface area contributed by atoms with Gasteiger partial charge in [0.2, 0.25) is 5.91 Å². The van der Waals surface area contributed by atoms with Crippen molar-refractivity contribution in [2.75, 3.05) is 5.32 Å². The van der Waals surface area contributed by atoms with E-state index in [-0.39, 0.29) is 5.91 Å². The molecule has 0 saturated carbocycles. The molecule has 0 aliphatic heterocycles. The van der Waals surface area contributed by atoms with Gasteiger partial charge in [0.25, 0.3) is 5.56 Å². The number of carbonyl (C=O) groups is 2. The number of aliphatic carboxylic acids is 1. The highest BCUT2D eigenvalue weighted by Crippen LogP contribution is 2.24. The number of fused-ring (bicyclic) bond motifs is 1. The molecule has 2 N–H and O–H groups in total. The van der Waals surface area contributed by atoms with Crippen LogP contribution in [0.25, 0.3) is 10.8 Å². The minimum absolute atomic E-state index is 0.224. The third kappa shape index (κ3) is 3.77. The summed E-state index contributed by atoms with van der Waals surface area (Å²) in [6.07, 6.45) is 1.43. The largest absolute Gasteiger partial charge is 0.480 e. The van der Waals surface area contributed by atoms with Crippen molar-refractivity contribution in [3.05, 3.63) is 75.7 Å². The predicted octanol–water partition coefficient (Wildman–Crippen LogP) is 4.04. The second-order valence-corrected chi connectivity index (χ2v) is 7.01. The van der Waals surface area contributed by atoms with E-state index < -0.39 is 23.5 Å². The van der Waals surface area contributed by atoms with Crippen LogP contribution in [0, 0.1) is 0 Å². The number of anilines is 1. The lowest BCUT2D eigenvalue weighted by atomic mass is 10.00. The fourth-order valence-electron chi connectivity index (χ4n) is 2.97. The van der Waals surface area contributed by atoms with Crippen LogP contribution in [0.1, 0.15) is 31.4 Å². The van der Waals surface area contributed by atoms with Crippen LogP contribution in [0.15, 0.2) is 59.5 Å². The van der Waals surface area contributed by atoms with Crippen LogP contribution in [-0.4, -0.2) is 21.6 Å². The van der Waals surface area contributed by atoms with Crippen LogP contribution in [0.3, 0.4) is 0 Å². The molecule has 2 unspecified atom stereocenters. The van der Waals surface area contributed by atoms with Crippen LogP contribution in [0.5, 0.6) is 0 Å². The van der Waals surface area contributed by atoms with Crippen molar-refractivity contribution >= 4 is 39.9 Å². The number of benzene rings is 2. The first-order valence-corrected chi connectivity index (χ1v) is 9.10. The third-order valence-electron chi connectivity index (χ3n) is 4.77. The molecule has 1 amide bonds. The molecule has 0 fully saturated rings. The lowest BCUT2D eigenvalue weighted by Gasteiger charge is -2.16. The van der Waals surface area contributed by atoms with E-state index in [9.17, 15) is 14.4 Å². The van der Waals surface area contributed by atoms with Crippen molar-refractivity contribution in [2.45, 2.75) is 25.8 Å². The fourth-order valence-corrected chi connectivity index (χ4v) is 3.10. The summed E-state index contributed by atoms with van der Waals surface area (Å²) < 4.78 is 1.16. The minimum atomic E-state index is -1.09. The molecule has 0 spiro atoms. The number of hydrogen-bond acceptors (Lipinski definition) is 3. The maximum Gasteiger partial charge on any atom is 0.326 e. The van der Waals surface area contributed by atoms with Crippen molar-refractivity contribution in [3.63, 3.8) is 0 Å². The molecule has 0 bridgehead atoms. The molecule has 0 saturated heterocycles. The van der Waals surface area contributed by atoms with Crippen LogP contribution in [-0.2, 0) is 9.59 Å². The van der Waals surface area contributed by atoms with E-state index in [4.69, 9.17) is 16.7 Å². The molecule has 28 heavy (non-hydrogen) atoms. The van der Waals surface area contributed by atoms with Gasteiger partial charge in [-0.05, 0) is 49.7 Å². The van der Waals surface area contributed by atoms with Gasteiger partial charge in [-0.25, -0.2) is 4.79 Å². The normalized spacial score (nSPS) is 13.1. The van der Waals surface area contributed by atoms with E-state index in [0.29, 0.717) is 21.5 Å². The summed E-state index contributed by atoms with van der Waals surface area (Å²) in [5.41, 5.74) is 0.893. The monoisotopic (exact) mass is 398 g/mol. The first kappa shape index (κ1) is 19.6. The summed E-state index contributed by atoms with van der Waals surface area (Å²) in [5, 5.41) is 13.5. The molecular weight excluding hydrogens is 380 g/mol. The number of amides is 1. The first-order valence-electron chi connectivity index (χ1n) is 8.72. The smallest absolute Gasteiger partial charge is 0.326 e. The van der Waals surface area contributed by atoms with Gasteiger partial charge in [0.05, 0.1) is 5.92 Å². The van der Waals surface area contributed by atoms with Gasteiger partial charge in [0.1, 0.15) is 6.04 Å². The van der Waals surface area contributed by atoms with Gasteiger partial charge >= 0.3 is 5.97 Å². The van der Waals surface area contributed by atoms with Crippen LogP contribution < -0.4 is 10.9 Å². The van der Waals surface area contributed by atoms with Gasteiger partial charge in [-0.2, -0.15) is 0 Å². The number of aromatic nitrogens is 1. The Balaban J connectivity index is 1.94. The molecule has 3 aromatic rings. The molecule has 1 heterocycles. The SMILES string of the molecule is CC(C(=O)Nc1cccc2c(=O)n(C(C)C(=O)O)ccc12)c1ccc(Cl)cc1. The molecule has 7 heteroatoms. The van der Waals surface area contributed by atoms with Gasteiger partial charge in [0, 0.05) is 27.7 Å². The predicted molar refractivity (Wildman–Crippen MR) is 109 cm³/mol. The maximum absolute atomic E-state index is 12.7. The van der Waals surface area contributed by atoms with Gasteiger partial charge in [0.15, 0.2) is 0 Å². The number of carbonyl (C=O) groups excluding carboxylic acids is 1. The van der Waals surface area contributed by atoms with Crippen LogP contribution in [0.4, 0.5) is 5.69 Å². The fraction of sp³-hybridized carbons (Fsp3) is 0.190. The zero-order valence-corrected chi connectivity index (χ0v) is 16.1. The average Bonchev–Trinajstić information content (AvgIpc) is 2.68. The second kappa shape index (κ2) is 7.86. The van der Waals surface area contributed by atoms with Crippen molar-refractivity contribution in [1.29, 1.82) is 0 Å². The molecule has 3 rings (SSSR count). The molecule has 2 aromatic carbocycles. The molecule has 0 aliphatic rings. The van der Waals surface area contributed by atoms with E-state index >= 15 is 0 Å². The van der Waals surface area contributed by atoms with Gasteiger partial charge in [-0.1, -0.05) is 29.8 Å². The van der Waals surface area contributed by atoms with Gasteiger partial charge in [-0.15, -0.1) is 0 Å². The Kier molecular flexibility index (Phi) is 5.51. The minimum Gasteiger partial charge on any atom is -0.480 e. The van der Waals surface area contributed by atoms with E-state index in [2.05, 4.69) is 5.32 Å². The van der Waals surface area contributed by atoms with E-state index in [0.717, 1.165) is 10.1 Å². The Morgan fingerprint density at radius 1 is 1.04 bits per heavy atom. The summed E-state index contributed by atoms with van der Waals surface area (Å²) in [6.45, 7) is 3.22. The first-order chi connectivity index (χ1) is 13.3. The van der Waals surface area contributed by atoms with Crippen LogP contribution >= 0.6 is 11.6 Å². The van der Waals surface area contributed by atoms with Gasteiger partial charge < -0.3 is 15.0 Å². The van der Waals surface area contributed by atoms with E-state index in [1.165, 1.54) is 13.1 Å². The molecule has 0 radical (unpaired) electrons. The van der Waals surface area contributed by atoms with Crippen molar-refractivity contribution in [1.82, 2.24) is 4.57 Å². The number of carboxylic acid groups (broad SMARTS) is 1. The Morgan fingerprint density at radius 2 is 1.71 bits per heavy atom. The number of halogens is 1. The number of rotatable bonds is 5. The Morgan fingerprint density at radius 3 is 2.36 bits per heavy atom. The highest BCUT2D eigenvalue weighted by atomic mass is 35.5. The molecule has 144 valence electrons. The van der Waals surface area contributed by atoms with Crippen LogP contribution in [0.2, 0.25) is 5.02 Å². The Bertz CT molecular complexity index is 1110. The lowest BCUT2D eigenvalue weighted by molar-refractivity contribution is -0.140. The Labute approximate surface area is 166 Å². The Hall–Kier alpha value is -3.12. The van der Waals surface area contributed by atoms with E-state index in [1.807, 2.05) is 0 Å². The quantitative estimate of drug-likeness (QED) is 0.678. The summed E-state index contributed by atoms with van der Waals surface area (Å²) in [4.78, 5) is 36.6. The summed E-state index contributed by atoms with van der Waals surface area (Å²) in [7, 11) is 0. The maximum atomic E-state index is 12.7. The summed E-state index contributed by atoms with van der Waals surface area (Å²) in [6, 6.07) is 12.7. The standard InChI is InChI=1S/C21H19ClN2O4/c1-12(14-6-8-15(22)9-7-14)19(25)23-18-5-3-4-17-16(18)10-11-24(20(17)26)13(2)21(27)28/h3-13H,1-2H3,(H,23,25)(H,27,28). The topological polar surface area (TPSA) is 88.4 Å². The molecule has 1 aromatic heterocycles. The number of pyridine rings is 1. The summed E-state index contributed by atoms with van der Waals surface area (Å²) in [5.74, 6) is -1.74. The average molecular weight is 399 g/mol. The van der Waals surface area contributed by atoms with Gasteiger partial charge in [-0.3, -0.25) is 9.59 Å². The highest BCUT2D eigenvalue weighted by molar-refractivity contribution is 6.30. The highest BCUT2D eigenvalue weighted by Gasteiger charge is 2.19. The molecule has 6 nitrogen and oxygen atoms in total. The molecule has 2 atom stereocenters. The molecule has 0 aliphatic carbocycles. The number of hydrogen-bond donors (Lipinski definition) is 2. The third-order valence-corrected chi connectivity index (χ3v) is 5.02. The lowest BCUT2D eigenvalue weighted by Crippen LogP contribution is -2.27. The number of carboxylic acids is 1. The summed E-state index contributed by atoms with van der Waals surface area (Å²) >= 11 is 5.89. The zero-order valence-electron chi connectivity index (χ0n) is 15.3.